The largest absolute Gasteiger partial charge is 0.364 e. The molecule has 3 unspecified atom stereocenters. The first-order chi connectivity index (χ1) is 5.47. The predicted octanol–water partition coefficient (Wildman–Crippen LogP) is 3.37. The van der Waals surface area contributed by atoms with Crippen LogP contribution in [0.15, 0.2) is 0 Å². The summed E-state index contributed by atoms with van der Waals surface area (Å²) in [6.07, 6.45) is 3.83. The molecule has 0 heterocycles. The molecule has 1 fully saturated rings. The minimum absolute atomic E-state index is 0.116. The summed E-state index contributed by atoms with van der Waals surface area (Å²) in [6, 6.07) is 0. The van der Waals surface area contributed by atoms with Crippen molar-refractivity contribution >= 4 is 7.68 Å². The van der Waals surface area contributed by atoms with Gasteiger partial charge >= 0.3 is 7.68 Å². The summed E-state index contributed by atoms with van der Waals surface area (Å²) in [5.74, 6) is 0.579. The van der Waals surface area contributed by atoms with E-state index in [2.05, 4.69) is 6.92 Å². The van der Waals surface area contributed by atoms with Crippen molar-refractivity contribution in [2.24, 2.45) is 5.92 Å². The van der Waals surface area contributed by atoms with Crippen LogP contribution in [0.25, 0.3) is 0 Å². The zero-order valence-electron chi connectivity index (χ0n) is 7.62. The van der Waals surface area contributed by atoms with Crippen LogP contribution in [-0.2, 0) is 9.09 Å². The molecule has 1 aliphatic carbocycles. The van der Waals surface area contributed by atoms with Gasteiger partial charge in [-0.2, -0.15) is 4.20 Å². The Bertz CT molecular complexity index is 189. The lowest BCUT2D eigenvalue weighted by molar-refractivity contribution is 0.124. The third-order valence-corrected chi connectivity index (χ3v) is 2.90. The van der Waals surface area contributed by atoms with E-state index in [0.29, 0.717) is 5.92 Å². The number of halogens is 1. The van der Waals surface area contributed by atoms with Gasteiger partial charge in [-0.25, -0.2) is 0 Å². The Morgan fingerprint density at radius 3 is 2.67 bits per heavy atom. The second kappa shape index (κ2) is 3.89. The molecule has 0 N–H and O–H groups in total. The van der Waals surface area contributed by atoms with Crippen LogP contribution >= 0.6 is 7.68 Å². The van der Waals surface area contributed by atoms with Gasteiger partial charge in [-0.3, -0.25) is 4.57 Å². The minimum Gasteiger partial charge on any atom is -0.302 e. The third-order valence-electron chi connectivity index (χ3n) is 2.23. The Morgan fingerprint density at radius 1 is 1.50 bits per heavy atom. The first kappa shape index (κ1) is 10.2. The lowest BCUT2D eigenvalue weighted by atomic mass is 9.89. The fourth-order valence-corrected chi connectivity index (χ4v) is 2.46. The predicted molar refractivity (Wildman–Crippen MR) is 47.1 cm³/mol. The Balaban J connectivity index is 2.37. The Hall–Kier alpha value is 0.120. The normalized spacial score (nSPS) is 35.9. The van der Waals surface area contributed by atoms with Gasteiger partial charge in [0.05, 0.1) is 6.10 Å². The van der Waals surface area contributed by atoms with Gasteiger partial charge < -0.3 is 4.52 Å². The third kappa shape index (κ3) is 3.68. The molecular weight excluding hydrogens is 178 g/mol. The van der Waals surface area contributed by atoms with Gasteiger partial charge in [-0.15, -0.1) is 0 Å². The second-order valence-corrected chi connectivity index (χ2v) is 5.45. The van der Waals surface area contributed by atoms with Gasteiger partial charge in [0, 0.05) is 6.66 Å². The van der Waals surface area contributed by atoms with Crippen molar-refractivity contribution in [2.75, 3.05) is 6.66 Å². The van der Waals surface area contributed by atoms with Crippen LogP contribution in [0.1, 0.15) is 32.6 Å². The van der Waals surface area contributed by atoms with Crippen LogP contribution in [-0.4, -0.2) is 12.8 Å². The molecule has 0 aromatic heterocycles. The van der Waals surface area contributed by atoms with E-state index in [4.69, 9.17) is 4.52 Å². The molecule has 12 heavy (non-hydrogen) atoms. The average Bonchev–Trinajstić information content (AvgIpc) is 1.82. The highest BCUT2D eigenvalue weighted by Gasteiger charge is 2.25. The Labute approximate surface area is 73.1 Å². The van der Waals surface area contributed by atoms with Crippen molar-refractivity contribution in [1.82, 2.24) is 0 Å². The van der Waals surface area contributed by atoms with Crippen LogP contribution in [0, 0.1) is 5.92 Å². The molecule has 4 heteroatoms. The highest BCUT2D eigenvalue weighted by atomic mass is 31.2. The molecule has 0 bridgehead atoms. The van der Waals surface area contributed by atoms with Crippen LogP contribution in [0.2, 0.25) is 0 Å². The molecule has 3 atom stereocenters. The van der Waals surface area contributed by atoms with Gasteiger partial charge in [0.1, 0.15) is 0 Å². The van der Waals surface area contributed by atoms with Gasteiger partial charge in [-0.05, 0) is 18.8 Å². The molecule has 0 aliphatic heterocycles. The van der Waals surface area contributed by atoms with Crippen molar-refractivity contribution < 1.29 is 13.3 Å². The summed E-state index contributed by atoms with van der Waals surface area (Å²) < 4.78 is 28.2. The number of hydrogen-bond acceptors (Lipinski definition) is 2. The molecule has 0 saturated heterocycles. The summed E-state index contributed by atoms with van der Waals surface area (Å²) in [7, 11) is -3.76. The van der Waals surface area contributed by atoms with Gasteiger partial charge in [-0.1, -0.05) is 19.8 Å². The van der Waals surface area contributed by atoms with Crippen molar-refractivity contribution in [3.05, 3.63) is 0 Å². The van der Waals surface area contributed by atoms with Gasteiger partial charge in [0.25, 0.3) is 0 Å². The number of rotatable bonds is 2. The van der Waals surface area contributed by atoms with Gasteiger partial charge in [0.15, 0.2) is 0 Å². The maximum Gasteiger partial charge on any atom is 0.364 e. The molecule has 0 amide bonds. The fraction of sp³-hybridized carbons (Fsp3) is 1.00. The summed E-state index contributed by atoms with van der Waals surface area (Å²) >= 11 is 0. The smallest absolute Gasteiger partial charge is 0.302 e. The fourth-order valence-electron chi connectivity index (χ4n) is 1.74. The lowest BCUT2D eigenvalue weighted by Gasteiger charge is -2.26. The van der Waals surface area contributed by atoms with Crippen LogP contribution < -0.4 is 0 Å². The molecular formula is C8H16FO2P. The van der Waals surface area contributed by atoms with E-state index < -0.39 is 7.68 Å². The lowest BCUT2D eigenvalue weighted by Crippen LogP contribution is -2.19. The molecule has 0 spiro atoms. The maximum absolute atomic E-state index is 12.6. The van der Waals surface area contributed by atoms with Crippen LogP contribution in [0.5, 0.6) is 0 Å². The second-order valence-electron chi connectivity index (χ2n) is 3.75. The van der Waals surface area contributed by atoms with E-state index in [1.807, 2.05) is 0 Å². The molecule has 1 saturated carbocycles. The molecule has 72 valence electrons. The molecule has 0 radical (unpaired) electrons. The van der Waals surface area contributed by atoms with Crippen molar-refractivity contribution in [1.29, 1.82) is 0 Å². The van der Waals surface area contributed by atoms with Crippen molar-refractivity contribution in [2.45, 2.75) is 38.7 Å². The maximum atomic E-state index is 12.6. The van der Waals surface area contributed by atoms with E-state index in [1.54, 1.807) is 0 Å². The van der Waals surface area contributed by atoms with Crippen LogP contribution in [0.3, 0.4) is 0 Å². The quantitative estimate of drug-likeness (QED) is 0.630. The van der Waals surface area contributed by atoms with Crippen molar-refractivity contribution in [3.63, 3.8) is 0 Å². The van der Waals surface area contributed by atoms with Crippen molar-refractivity contribution in [3.8, 4) is 0 Å². The highest BCUT2D eigenvalue weighted by Crippen LogP contribution is 2.47. The van der Waals surface area contributed by atoms with E-state index in [9.17, 15) is 8.76 Å². The van der Waals surface area contributed by atoms with E-state index in [1.165, 1.54) is 6.42 Å². The van der Waals surface area contributed by atoms with E-state index in [0.717, 1.165) is 25.9 Å². The summed E-state index contributed by atoms with van der Waals surface area (Å²) in [4.78, 5) is 0. The highest BCUT2D eigenvalue weighted by molar-refractivity contribution is 7.52. The average molecular weight is 194 g/mol. The van der Waals surface area contributed by atoms with Crippen LogP contribution in [0.4, 0.5) is 4.20 Å². The zero-order valence-corrected chi connectivity index (χ0v) is 8.52. The minimum atomic E-state index is -3.76. The first-order valence-electron chi connectivity index (χ1n) is 4.43. The van der Waals surface area contributed by atoms with E-state index >= 15 is 0 Å². The Morgan fingerprint density at radius 2 is 2.17 bits per heavy atom. The monoisotopic (exact) mass is 194 g/mol. The van der Waals surface area contributed by atoms with Gasteiger partial charge in [0.2, 0.25) is 0 Å². The summed E-state index contributed by atoms with van der Waals surface area (Å²) in [5, 5.41) is 0. The SMILES string of the molecule is CC1CCCC(OP(C)(=O)F)C1. The molecule has 0 aromatic rings. The molecule has 1 aliphatic rings. The molecule has 1 rings (SSSR count). The number of hydrogen-bond donors (Lipinski definition) is 0. The summed E-state index contributed by atoms with van der Waals surface area (Å²) in [6.45, 7) is 3.15. The first-order valence-corrected chi connectivity index (χ1v) is 6.39. The topological polar surface area (TPSA) is 26.3 Å². The molecule has 2 nitrogen and oxygen atoms in total. The molecule has 0 aromatic carbocycles. The standard InChI is InChI=1S/C8H16FO2P/c1-7-4-3-5-8(6-7)11-12(2,9)10/h7-8H,3-6H2,1-2H3. The Kier molecular flexibility index (Phi) is 3.30. The van der Waals surface area contributed by atoms with E-state index in [-0.39, 0.29) is 6.10 Å². The zero-order chi connectivity index (χ0) is 9.19. The summed E-state index contributed by atoms with van der Waals surface area (Å²) in [5.41, 5.74) is 0.